The van der Waals surface area contributed by atoms with E-state index in [9.17, 15) is 9.59 Å². The molecule has 2 amide bonds. The van der Waals surface area contributed by atoms with Crippen molar-refractivity contribution in [3.63, 3.8) is 0 Å². The third-order valence-electron chi connectivity index (χ3n) is 5.54. The average Bonchev–Trinajstić information content (AvgIpc) is 3.19. The molecule has 0 bridgehead atoms. The van der Waals surface area contributed by atoms with E-state index in [-0.39, 0.29) is 24.8 Å². The number of hydrogen-bond acceptors (Lipinski definition) is 7. The van der Waals surface area contributed by atoms with E-state index >= 15 is 0 Å². The SMILES string of the molecule is COc1ccc2c(c1)C(c1ccc(Cl)cc1)=NC(CC(=O)NCC(=O)NCCN)c1nnc(C)n1-2. The van der Waals surface area contributed by atoms with E-state index < -0.39 is 6.04 Å². The highest BCUT2D eigenvalue weighted by molar-refractivity contribution is 6.30. The van der Waals surface area contributed by atoms with Crippen LogP contribution >= 0.6 is 11.6 Å². The third kappa shape index (κ3) is 5.33. The highest BCUT2D eigenvalue weighted by Gasteiger charge is 2.30. The molecule has 0 fully saturated rings. The molecule has 4 rings (SSSR count). The molecule has 11 heteroatoms. The summed E-state index contributed by atoms with van der Waals surface area (Å²) in [5, 5.41) is 14.5. The summed E-state index contributed by atoms with van der Waals surface area (Å²) in [6, 6.07) is 12.4. The first kappa shape index (κ1) is 24.4. The molecule has 0 radical (unpaired) electrons. The Morgan fingerprint density at radius 3 is 2.60 bits per heavy atom. The first-order valence-corrected chi connectivity index (χ1v) is 11.5. The van der Waals surface area contributed by atoms with Crippen LogP contribution in [-0.4, -0.2) is 59.0 Å². The van der Waals surface area contributed by atoms with Gasteiger partial charge in [-0.2, -0.15) is 0 Å². The number of nitrogens with one attached hydrogen (secondary N) is 2. The van der Waals surface area contributed by atoms with Crippen LogP contribution in [0.3, 0.4) is 0 Å². The fourth-order valence-electron chi connectivity index (χ4n) is 3.88. The minimum atomic E-state index is -0.646. The predicted molar refractivity (Wildman–Crippen MR) is 132 cm³/mol. The second kappa shape index (κ2) is 10.7. The van der Waals surface area contributed by atoms with Gasteiger partial charge in [-0.1, -0.05) is 23.7 Å². The number of amides is 2. The van der Waals surface area contributed by atoms with E-state index in [1.807, 2.05) is 41.8 Å². The zero-order valence-electron chi connectivity index (χ0n) is 19.4. The average molecular weight is 496 g/mol. The second-order valence-electron chi connectivity index (χ2n) is 7.94. The Bertz CT molecular complexity index is 1270. The number of nitrogens with zero attached hydrogens (tertiary/aromatic N) is 4. The number of aromatic nitrogens is 3. The number of ether oxygens (including phenoxy) is 1. The van der Waals surface area contributed by atoms with Gasteiger partial charge in [-0.05, 0) is 37.3 Å². The molecule has 1 unspecified atom stereocenters. The molecule has 3 aromatic rings. The van der Waals surface area contributed by atoms with Gasteiger partial charge in [-0.15, -0.1) is 10.2 Å². The van der Waals surface area contributed by atoms with Gasteiger partial charge < -0.3 is 21.1 Å². The summed E-state index contributed by atoms with van der Waals surface area (Å²) < 4.78 is 7.37. The van der Waals surface area contributed by atoms with Crippen molar-refractivity contribution in [2.75, 3.05) is 26.7 Å². The lowest BCUT2D eigenvalue weighted by atomic mass is 10.00. The first-order chi connectivity index (χ1) is 16.9. The summed E-state index contributed by atoms with van der Waals surface area (Å²) >= 11 is 6.12. The van der Waals surface area contributed by atoms with Crippen LogP contribution in [0.5, 0.6) is 5.75 Å². The van der Waals surface area contributed by atoms with Gasteiger partial charge in [0, 0.05) is 29.2 Å². The summed E-state index contributed by atoms with van der Waals surface area (Å²) in [5.41, 5.74) is 8.51. The Kier molecular flexibility index (Phi) is 7.42. The van der Waals surface area contributed by atoms with Crippen molar-refractivity contribution in [2.24, 2.45) is 10.7 Å². The van der Waals surface area contributed by atoms with Crippen molar-refractivity contribution in [3.05, 3.63) is 70.3 Å². The Balaban J connectivity index is 1.74. The summed E-state index contributed by atoms with van der Waals surface area (Å²) in [5.74, 6) is 1.20. The lowest BCUT2D eigenvalue weighted by Crippen LogP contribution is -2.39. The number of halogens is 1. The molecule has 10 nitrogen and oxygen atoms in total. The minimum absolute atomic E-state index is 0.0233. The fourth-order valence-corrected chi connectivity index (χ4v) is 4.00. The number of hydrogen-bond donors (Lipinski definition) is 3. The van der Waals surface area contributed by atoms with Crippen LogP contribution in [0.2, 0.25) is 5.02 Å². The molecule has 0 saturated carbocycles. The smallest absolute Gasteiger partial charge is 0.239 e. The molecule has 2 aromatic carbocycles. The molecule has 35 heavy (non-hydrogen) atoms. The zero-order valence-corrected chi connectivity index (χ0v) is 20.2. The van der Waals surface area contributed by atoms with Crippen molar-refractivity contribution < 1.29 is 14.3 Å². The third-order valence-corrected chi connectivity index (χ3v) is 5.79. The first-order valence-electron chi connectivity index (χ1n) is 11.1. The van der Waals surface area contributed by atoms with Crippen LogP contribution in [0.25, 0.3) is 5.69 Å². The van der Waals surface area contributed by atoms with Gasteiger partial charge in [0.25, 0.3) is 0 Å². The Morgan fingerprint density at radius 1 is 1.11 bits per heavy atom. The molecular weight excluding hydrogens is 470 g/mol. The van der Waals surface area contributed by atoms with Crippen molar-refractivity contribution in [2.45, 2.75) is 19.4 Å². The number of carbonyl (C=O) groups excluding carboxylic acids is 2. The van der Waals surface area contributed by atoms with Gasteiger partial charge in [0.15, 0.2) is 5.82 Å². The molecular formula is C24H26ClN7O3. The van der Waals surface area contributed by atoms with E-state index in [4.69, 9.17) is 27.1 Å². The zero-order chi connectivity index (χ0) is 24.9. The molecule has 0 saturated heterocycles. The number of carbonyl (C=O) groups is 2. The topological polar surface area (TPSA) is 137 Å². The van der Waals surface area contributed by atoms with Gasteiger partial charge in [-0.25, -0.2) is 0 Å². The van der Waals surface area contributed by atoms with Crippen molar-refractivity contribution in [3.8, 4) is 11.4 Å². The van der Waals surface area contributed by atoms with E-state index in [2.05, 4.69) is 20.8 Å². The quantitative estimate of drug-likeness (QED) is 0.435. The number of methoxy groups -OCH3 is 1. The molecule has 1 atom stereocenters. The van der Waals surface area contributed by atoms with E-state index in [1.165, 1.54) is 0 Å². The molecule has 4 N–H and O–H groups in total. The van der Waals surface area contributed by atoms with Crippen LogP contribution in [0, 0.1) is 6.92 Å². The van der Waals surface area contributed by atoms with E-state index in [0.29, 0.717) is 41.2 Å². The standard InChI is InChI=1S/C24H26ClN7O3/c1-14-30-31-24-19(12-21(33)28-13-22(34)27-10-9-26)29-23(15-3-5-16(25)6-4-15)18-11-17(35-2)7-8-20(18)32(14)24/h3-8,11,19H,9-10,12-13,26H2,1-2H3,(H,27,34)(H,28,33). The largest absolute Gasteiger partial charge is 0.497 e. The van der Waals surface area contributed by atoms with Gasteiger partial charge >= 0.3 is 0 Å². The number of rotatable bonds is 8. The van der Waals surface area contributed by atoms with Crippen LogP contribution in [0.1, 0.15) is 35.2 Å². The fraction of sp³-hybridized carbons (Fsp3) is 0.292. The minimum Gasteiger partial charge on any atom is -0.497 e. The Morgan fingerprint density at radius 2 is 1.89 bits per heavy atom. The monoisotopic (exact) mass is 495 g/mol. The van der Waals surface area contributed by atoms with Crippen LogP contribution in [0.4, 0.5) is 0 Å². The number of nitrogens with two attached hydrogens (primary N) is 1. The number of aryl methyl sites for hydroxylation is 1. The molecule has 2 heterocycles. The van der Waals surface area contributed by atoms with E-state index in [1.54, 1.807) is 19.2 Å². The maximum absolute atomic E-state index is 12.8. The Labute approximate surface area is 207 Å². The molecule has 0 spiro atoms. The second-order valence-corrected chi connectivity index (χ2v) is 8.38. The summed E-state index contributed by atoms with van der Waals surface area (Å²) in [7, 11) is 1.60. The number of fused-ring (bicyclic) bond motifs is 3. The lowest BCUT2D eigenvalue weighted by molar-refractivity contribution is -0.126. The summed E-state index contributed by atoms with van der Waals surface area (Å²) in [4.78, 5) is 29.7. The van der Waals surface area contributed by atoms with Gasteiger partial charge in [0.05, 0.1) is 31.5 Å². The molecule has 0 aliphatic carbocycles. The highest BCUT2D eigenvalue weighted by atomic mass is 35.5. The number of benzene rings is 2. The summed E-state index contributed by atoms with van der Waals surface area (Å²) in [6.07, 6.45) is -0.0233. The van der Waals surface area contributed by atoms with Crippen LogP contribution in [-0.2, 0) is 9.59 Å². The highest BCUT2D eigenvalue weighted by Crippen LogP contribution is 2.34. The van der Waals surface area contributed by atoms with Crippen molar-refractivity contribution in [1.29, 1.82) is 0 Å². The maximum atomic E-state index is 12.8. The molecule has 1 aliphatic rings. The molecule has 1 aromatic heterocycles. The van der Waals surface area contributed by atoms with Gasteiger partial charge in [0.2, 0.25) is 11.8 Å². The van der Waals surface area contributed by atoms with Gasteiger partial charge in [0.1, 0.15) is 17.6 Å². The van der Waals surface area contributed by atoms with Crippen molar-refractivity contribution in [1.82, 2.24) is 25.4 Å². The predicted octanol–water partition coefficient (Wildman–Crippen LogP) is 1.71. The van der Waals surface area contributed by atoms with Gasteiger partial charge in [-0.3, -0.25) is 19.1 Å². The molecule has 182 valence electrons. The lowest BCUT2D eigenvalue weighted by Gasteiger charge is -2.14. The number of aliphatic imine (C=N–C) groups is 1. The summed E-state index contributed by atoms with van der Waals surface area (Å²) in [6.45, 7) is 2.36. The molecule has 1 aliphatic heterocycles. The maximum Gasteiger partial charge on any atom is 0.239 e. The normalized spacial score (nSPS) is 14.3. The van der Waals surface area contributed by atoms with E-state index in [0.717, 1.165) is 16.8 Å². The van der Waals surface area contributed by atoms with Crippen molar-refractivity contribution >= 4 is 29.1 Å². The van der Waals surface area contributed by atoms with Crippen LogP contribution < -0.4 is 21.1 Å². The Hall–Kier alpha value is -3.76. The van der Waals surface area contributed by atoms with Crippen LogP contribution in [0.15, 0.2) is 47.5 Å².